The molecule has 0 radical (unpaired) electrons. The summed E-state index contributed by atoms with van der Waals surface area (Å²) in [5, 5.41) is 2.91. The number of hydrogen-bond acceptors (Lipinski definition) is 4. The van der Waals surface area contributed by atoms with Crippen LogP contribution in [0.25, 0.3) is 0 Å². The molecule has 1 atom stereocenters. The summed E-state index contributed by atoms with van der Waals surface area (Å²) in [4.78, 5) is 14.5. The highest BCUT2D eigenvalue weighted by Crippen LogP contribution is 2.16. The van der Waals surface area contributed by atoms with Crippen molar-refractivity contribution in [2.75, 3.05) is 38.2 Å². The summed E-state index contributed by atoms with van der Waals surface area (Å²) in [5.41, 5.74) is 2.06. The Hall–Kier alpha value is -1.43. The second-order valence-electron chi connectivity index (χ2n) is 5.61. The molecule has 0 aliphatic carbocycles. The maximum Gasteiger partial charge on any atom is 0.255 e. The molecule has 0 aromatic heterocycles. The molecular weight excluding hydrogens is 268 g/mol. The van der Waals surface area contributed by atoms with Crippen LogP contribution in [0.5, 0.6) is 0 Å². The van der Waals surface area contributed by atoms with Gasteiger partial charge >= 0.3 is 0 Å². The van der Waals surface area contributed by atoms with Crippen LogP contribution >= 0.6 is 0 Å². The third-order valence-electron chi connectivity index (χ3n) is 3.91. The first-order valence-corrected chi connectivity index (χ1v) is 7.63. The van der Waals surface area contributed by atoms with Crippen molar-refractivity contribution in [1.29, 1.82) is 0 Å². The number of carbonyl (C=O) groups is 1. The molecule has 1 unspecified atom stereocenters. The molecule has 0 spiro atoms. The van der Waals surface area contributed by atoms with Crippen LogP contribution in [0.4, 0.5) is 5.69 Å². The highest BCUT2D eigenvalue weighted by molar-refractivity contribution is 5.94. The Bertz CT molecular complexity index is 480. The van der Waals surface area contributed by atoms with E-state index >= 15 is 0 Å². The molecule has 0 saturated carbocycles. The fourth-order valence-electron chi connectivity index (χ4n) is 2.81. The first kappa shape index (κ1) is 14.5. The van der Waals surface area contributed by atoms with Gasteiger partial charge in [0.15, 0.2) is 6.10 Å². The number of ether oxygens (including phenoxy) is 2. The lowest BCUT2D eigenvalue weighted by atomic mass is 10.2. The van der Waals surface area contributed by atoms with Gasteiger partial charge in [-0.3, -0.25) is 9.69 Å². The van der Waals surface area contributed by atoms with Gasteiger partial charge in [0.25, 0.3) is 5.91 Å². The minimum Gasteiger partial charge on any atom is -0.376 e. The van der Waals surface area contributed by atoms with Crippen molar-refractivity contribution < 1.29 is 14.3 Å². The Balaban J connectivity index is 1.58. The molecule has 1 N–H and O–H groups in total. The van der Waals surface area contributed by atoms with Crippen LogP contribution in [0.3, 0.4) is 0 Å². The first-order chi connectivity index (χ1) is 10.3. The molecular formula is C16H22N2O3. The number of likely N-dealkylation sites (tertiary alicyclic amines) is 1. The summed E-state index contributed by atoms with van der Waals surface area (Å²) < 4.78 is 10.7. The van der Waals surface area contributed by atoms with Crippen LogP contribution in [-0.2, 0) is 20.8 Å². The molecule has 5 heteroatoms. The third kappa shape index (κ3) is 4.03. The Morgan fingerprint density at radius 3 is 2.90 bits per heavy atom. The number of rotatable bonds is 4. The smallest absolute Gasteiger partial charge is 0.255 e. The van der Waals surface area contributed by atoms with E-state index in [-0.39, 0.29) is 5.91 Å². The maximum absolute atomic E-state index is 12.1. The minimum atomic E-state index is -0.499. The molecule has 5 nitrogen and oxygen atoms in total. The van der Waals surface area contributed by atoms with Crippen LogP contribution in [0.2, 0.25) is 0 Å². The normalized spacial score (nSPS) is 23.1. The van der Waals surface area contributed by atoms with Gasteiger partial charge in [0.05, 0.1) is 19.8 Å². The van der Waals surface area contributed by atoms with Crippen molar-refractivity contribution >= 4 is 11.6 Å². The van der Waals surface area contributed by atoms with Gasteiger partial charge in [-0.2, -0.15) is 0 Å². The van der Waals surface area contributed by atoms with Crippen LogP contribution in [-0.4, -0.2) is 49.8 Å². The van der Waals surface area contributed by atoms with E-state index in [4.69, 9.17) is 9.47 Å². The first-order valence-electron chi connectivity index (χ1n) is 7.63. The number of hydrogen-bond donors (Lipinski definition) is 1. The number of anilines is 1. The molecule has 1 aromatic rings. The van der Waals surface area contributed by atoms with E-state index in [0.29, 0.717) is 19.8 Å². The van der Waals surface area contributed by atoms with Crippen molar-refractivity contribution in [1.82, 2.24) is 4.90 Å². The van der Waals surface area contributed by atoms with Gasteiger partial charge < -0.3 is 14.8 Å². The van der Waals surface area contributed by atoms with E-state index in [2.05, 4.69) is 16.3 Å². The lowest BCUT2D eigenvalue weighted by Crippen LogP contribution is -2.39. The zero-order chi connectivity index (χ0) is 14.5. The molecule has 2 heterocycles. The van der Waals surface area contributed by atoms with E-state index < -0.39 is 6.10 Å². The Labute approximate surface area is 125 Å². The van der Waals surface area contributed by atoms with Gasteiger partial charge in [-0.15, -0.1) is 0 Å². The van der Waals surface area contributed by atoms with E-state index in [0.717, 1.165) is 12.2 Å². The summed E-state index contributed by atoms with van der Waals surface area (Å²) >= 11 is 0. The fourth-order valence-corrected chi connectivity index (χ4v) is 2.81. The quantitative estimate of drug-likeness (QED) is 0.916. The lowest BCUT2D eigenvalue weighted by molar-refractivity contribution is -0.142. The van der Waals surface area contributed by atoms with Gasteiger partial charge in [0.1, 0.15) is 0 Å². The molecule has 2 saturated heterocycles. The number of carbonyl (C=O) groups excluding carboxylic acids is 1. The molecule has 114 valence electrons. The van der Waals surface area contributed by atoms with Crippen molar-refractivity contribution in [3.8, 4) is 0 Å². The monoisotopic (exact) mass is 290 g/mol. The standard InChI is InChI=1S/C16H22N2O3/c19-16(15-12-20-8-9-21-15)17-14-5-3-4-13(10-14)11-18-6-1-2-7-18/h3-5,10,15H,1-2,6-9,11-12H2,(H,17,19). The summed E-state index contributed by atoms with van der Waals surface area (Å²) in [6, 6.07) is 8.04. The van der Waals surface area contributed by atoms with Crippen LogP contribution in [0.15, 0.2) is 24.3 Å². The van der Waals surface area contributed by atoms with E-state index in [1.54, 1.807) is 0 Å². The second-order valence-corrected chi connectivity index (χ2v) is 5.61. The number of nitrogens with zero attached hydrogens (tertiary/aromatic N) is 1. The topological polar surface area (TPSA) is 50.8 Å². The molecule has 1 amide bonds. The summed E-state index contributed by atoms with van der Waals surface area (Å²) in [6.45, 7) is 4.67. The summed E-state index contributed by atoms with van der Waals surface area (Å²) in [5.74, 6) is -0.131. The molecule has 2 aliphatic rings. The predicted molar refractivity (Wildman–Crippen MR) is 80.1 cm³/mol. The second kappa shape index (κ2) is 7.02. The van der Waals surface area contributed by atoms with Gasteiger partial charge in [-0.1, -0.05) is 12.1 Å². The zero-order valence-corrected chi connectivity index (χ0v) is 12.2. The van der Waals surface area contributed by atoms with Gasteiger partial charge in [-0.05, 0) is 43.6 Å². The Morgan fingerprint density at radius 1 is 1.29 bits per heavy atom. The molecule has 0 bridgehead atoms. The average molecular weight is 290 g/mol. The maximum atomic E-state index is 12.1. The molecule has 2 fully saturated rings. The summed E-state index contributed by atoms with van der Waals surface area (Å²) in [6.07, 6.45) is 2.08. The van der Waals surface area contributed by atoms with Crippen LogP contribution in [0, 0.1) is 0 Å². The molecule has 1 aromatic carbocycles. The predicted octanol–water partition coefficient (Wildman–Crippen LogP) is 1.64. The highest BCUT2D eigenvalue weighted by Gasteiger charge is 2.22. The molecule has 21 heavy (non-hydrogen) atoms. The van der Waals surface area contributed by atoms with Gasteiger partial charge in [-0.25, -0.2) is 0 Å². The largest absolute Gasteiger partial charge is 0.376 e. The fraction of sp³-hybridized carbons (Fsp3) is 0.562. The number of nitrogens with one attached hydrogen (secondary N) is 1. The van der Waals surface area contributed by atoms with Gasteiger partial charge in [0.2, 0.25) is 0 Å². The lowest BCUT2D eigenvalue weighted by Gasteiger charge is -2.22. The van der Waals surface area contributed by atoms with Crippen LogP contribution in [0.1, 0.15) is 18.4 Å². The average Bonchev–Trinajstić information content (AvgIpc) is 3.01. The van der Waals surface area contributed by atoms with E-state index in [1.807, 2.05) is 18.2 Å². The minimum absolute atomic E-state index is 0.131. The van der Waals surface area contributed by atoms with Gasteiger partial charge in [0, 0.05) is 12.2 Å². The van der Waals surface area contributed by atoms with Crippen molar-refractivity contribution in [2.24, 2.45) is 0 Å². The molecule has 3 rings (SSSR count). The Kier molecular flexibility index (Phi) is 4.85. The Morgan fingerprint density at radius 2 is 2.14 bits per heavy atom. The zero-order valence-electron chi connectivity index (χ0n) is 12.2. The van der Waals surface area contributed by atoms with Crippen molar-refractivity contribution in [2.45, 2.75) is 25.5 Å². The van der Waals surface area contributed by atoms with Crippen molar-refractivity contribution in [3.63, 3.8) is 0 Å². The van der Waals surface area contributed by atoms with Crippen LogP contribution < -0.4 is 5.32 Å². The SMILES string of the molecule is O=C(Nc1cccc(CN2CCCC2)c1)C1COCCO1. The third-order valence-corrected chi connectivity index (χ3v) is 3.91. The van der Waals surface area contributed by atoms with E-state index in [9.17, 15) is 4.79 Å². The number of amides is 1. The van der Waals surface area contributed by atoms with Crippen molar-refractivity contribution in [3.05, 3.63) is 29.8 Å². The molecule has 2 aliphatic heterocycles. The highest BCUT2D eigenvalue weighted by atomic mass is 16.6. The summed E-state index contributed by atoms with van der Waals surface area (Å²) in [7, 11) is 0. The van der Waals surface area contributed by atoms with E-state index in [1.165, 1.54) is 31.5 Å². The number of benzene rings is 1.